The zero-order valence-corrected chi connectivity index (χ0v) is 11.3. The molecule has 102 valence electrons. The molecule has 3 rings (SSSR count). The molecule has 0 aliphatic carbocycles. The summed E-state index contributed by atoms with van der Waals surface area (Å²) in [4.78, 5) is 14.6. The summed E-state index contributed by atoms with van der Waals surface area (Å²) in [5.41, 5.74) is 3.56. The van der Waals surface area contributed by atoms with Gasteiger partial charge in [-0.25, -0.2) is 0 Å². The van der Waals surface area contributed by atoms with Gasteiger partial charge < -0.3 is 15.0 Å². The molecule has 1 fully saturated rings. The first-order valence-corrected chi connectivity index (χ1v) is 6.99. The van der Waals surface area contributed by atoms with Crippen molar-refractivity contribution < 1.29 is 9.53 Å². The number of hydrogen-bond donors (Lipinski definition) is 1. The van der Waals surface area contributed by atoms with Crippen molar-refractivity contribution in [3.63, 3.8) is 0 Å². The molecule has 0 spiro atoms. The molecule has 4 nitrogen and oxygen atoms in total. The summed E-state index contributed by atoms with van der Waals surface area (Å²) in [7, 11) is 0. The van der Waals surface area contributed by atoms with Crippen LogP contribution in [0.4, 0.5) is 5.69 Å². The zero-order valence-electron chi connectivity index (χ0n) is 11.3. The number of morpholine rings is 1. The van der Waals surface area contributed by atoms with Gasteiger partial charge in [-0.2, -0.15) is 0 Å². The number of para-hydroxylation sites is 1. The largest absolute Gasteiger partial charge is 0.366 e. The molecular formula is C15H20N2O2. The van der Waals surface area contributed by atoms with Gasteiger partial charge in [0.2, 0.25) is 0 Å². The maximum Gasteiger partial charge on any atom is 0.257 e. The number of anilines is 1. The number of fused-ring (bicyclic) bond motifs is 1. The lowest BCUT2D eigenvalue weighted by atomic mass is 9.97. The minimum Gasteiger partial charge on any atom is -0.366 e. The van der Waals surface area contributed by atoms with Crippen LogP contribution in [0.1, 0.15) is 17.5 Å². The van der Waals surface area contributed by atoms with E-state index in [4.69, 9.17) is 4.74 Å². The van der Waals surface area contributed by atoms with Crippen molar-refractivity contribution in [1.82, 2.24) is 5.32 Å². The molecule has 1 N–H and O–H groups in total. The van der Waals surface area contributed by atoms with Crippen LogP contribution in [0.3, 0.4) is 0 Å². The fourth-order valence-electron chi connectivity index (χ4n) is 2.97. The Labute approximate surface area is 113 Å². The Hall–Kier alpha value is -1.39. The summed E-state index contributed by atoms with van der Waals surface area (Å²) in [5.74, 6) is 0.0995. The second-order valence-corrected chi connectivity index (χ2v) is 5.24. The van der Waals surface area contributed by atoms with Gasteiger partial charge in [0.25, 0.3) is 5.91 Å². The Morgan fingerprint density at radius 1 is 1.47 bits per heavy atom. The summed E-state index contributed by atoms with van der Waals surface area (Å²) < 4.78 is 5.59. The number of carbonyl (C=O) groups excluding carboxylic acids is 1. The molecule has 2 aliphatic heterocycles. The zero-order chi connectivity index (χ0) is 13.2. The number of nitrogens with zero attached hydrogens (tertiary/aromatic N) is 1. The molecule has 2 aliphatic rings. The van der Waals surface area contributed by atoms with Crippen molar-refractivity contribution in [2.75, 3.05) is 31.1 Å². The number of aryl methyl sites for hydroxylation is 2. The van der Waals surface area contributed by atoms with Gasteiger partial charge in [0.15, 0.2) is 0 Å². The van der Waals surface area contributed by atoms with E-state index in [2.05, 4.69) is 30.4 Å². The van der Waals surface area contributed by atoms with Gasteiger partial charge in [-0.1, -0.05) is 18.2 Å². The van der Waals surface area contributed by atoms with Crippen LogP contribution in [-0.4, -0.2) is 38.3 Å². The van der Waals surface area contributed by atoms with Crippen LogP contribution in [0, 0.1) is 6.92 Å². The highest BCUT2D eigenvalue weighted by molar-refractivity contribution is 5.98. The first-order chi connectivity index (χ1) is 9.27. The fourth-order valence-corrected chi connectivity index (χ4v) is 2.97. The number of carbonyl (C=O) groups is 1. The Balaban J connectivity index is 1.88. The van der Waals surface area contributed by atoms with Crippen molar-refractivity contribution in [2.24, 2.45) is 0 Å². The Kier molecular flexibility index (Phi) is 3.53. The van der Waals surface area contributed by atoms with Gasteiger partial charge in [-0.3, -0.25) is 4.79 Å². The van der Waals surface area contributed by atoms with Crippen molar-refractivity contribution >= 4 is 11.6 Å². The smallest absolute Gasteiger partial charge is 0.257 e. The van der Waals surface area contributed by atoms with Crippen molar-refractivity contribution in [3.05, 3.63) is 29.3 Å². The molecular weight excluding hydrogens is 240 g/mol. The van der Waals surface area contributed by atoms with Crippen LogP contribution in [0.15, 0.2) is 18.2 Å². The second kappa shape index (κ2) is 5.31. The number of hydrogen-bond acceptors (Lipinski definition) is 3. The standard InChI is InChI=1S/C15H20N2O2/c1-11-4-2-5-12-6-3-8-17(14(11)12)15(18)13-10-16-7-9-19-13/h2,4-5,13,16H,3,6-10H2,1H3. The SMILES string of the molecule is Cc1cccc2c1N(C(=O)C1CNCCO1)CCC2. The van der Waals surface area contributed by atoms with E-state index >= 15 is 0 Å². The lowest BCUT2D eigenvalue weighted by Gasteiger charge is -2.34. The second-order valence-electron chi connectivity index (χ2n) is 5.24. The lowest BCUT2D eigenvalue weighted by molar-refractivity contribution is -0.131. The van der Waals surface area contributed by atoms with E-state index < -0.39 is 0 Å². The molecule has 19 heavy (non-hydrogen) atoms. The molecule has 0 radical (unpaired) electrons. The molecule has 1 aromatic carbocycles. The van der Waals surface area contributed by atoms with Crippen molar-refractivity contribution in [3.8, 4) is 0 Å². The highest BCUT2D eigenvalue weighted by Gasteiger charge is 2.31. The van der Waals surface area contributed by atoms with Crippen molar-refractivity contribution in [2.45, 2.75) is 25.9 Å². The first kappa shape index (κ1) is 12.6. The van der Waals surface area contributed by atoms with Crippen LogP contribution in [0.25, 0.3) is 0 Å². The van der Waals surface area contributed by atoms with E-state index in [1.165, 1.54) is 11.1 Å². The summed E-state index contributed by atoms with van der Waals surface area (Å²) in [5, 5.41) is 3.22. The third-order valence-corrected chi connectivity index (χ3v) is 3.89. The molecule has 1 aromatic rings. The van der Waals surface area contributed by atoms with Crippen LogP contribution in [0.5, 0.6) is 0 Å². The number of ether oxygens (including phenoxy) is 1. The molecule has 0 aromatic heterocycles. The summed E-state index contributed by atoms with van der Waals surface area (Å²) >= 11 is 0. The highest BCUT2D eigenvalue weighted by Crippen LogP contribution is 2.31. The third kappa shape index (κ3) is 2.38. The predicted molar refractivity (Wildman–Crippen MR) is 74.5 cm³/mol. The highest BCUT2D eigenvalue weighted by atomic mass is 16.5. The minimum atomic E-state index is -0.334. The van der Waals surface area contributed by atoms with Crippen molar-refractivity contribution in [1.29, 1.82) is 0 Å². The number of amides is 1. The van der Waals surface area contributed by atoms with Gasteiger partial charge in [0.1, 0.15) is 6.10 Å². The number of nitrogens with one attached hydrogen (secondary N) is 1. The van der Waals surface area contributed by atoms with Crippen LogP contribution in [-0.2, 0) is 16.0 Å². The Bertz CT molecular complexity index is 481. The molecule has 1 atom stereocenters. The lowest BCUT2D eigenvalue weighted by Crippen LogP contribution is -2.50. The number of benzene rings is 1. The monoisotopic (exact) mass is 260 g/mol. The van der Waals surface area contributed by atoms with Crippen LogP contribution in [0.2, 0.25) is 0 Å². The van der Waals surface area contributed by atoms with E-state index in [-0.39, 0.29) is 12.0 Å². The molecule has 1 saturated heterocycles. The molecule has 1 unspecified atom stereocenters. The quantitative estimate of drug-likeness (QED) is 0.826. The minimum absolute atomic E-state index is 0.0995. The number of rotatable bonds is 1. The maximum absolute atomic E-state index is 12.6. The normalized spacial score (nSPS) is 23.0. The Morgan fingerprint density at radius 3 is 3.16 bits per heavy atom. The third-order valence-electron chi connectivity index (χ3n) is 3.89. The summed E-state index contributed by atoms with van der Waals surface area (Å²) in [6, 6.07) is 6.27. The van der Waals surface area contributed by atoms with Crippen LogP contribution < -0.4 is 10.2 Å². The topological polar surface area (TPSA) is 41.6 Å². The summed E-state index contributed by atoms with van der Waals surface area (Å²) in [6.07, 6.45) is 1.76. The Morgan fingerprint density at radius 2 is 2.37 bits per heavy atom. The van der Waals surface area contributed by atoms with Gasteiger partial charge in [-0.05, 0) is 30.9 Å². The molecule has 4 heteroatoms. The maximum atomic E-state index is 12.6. The average Bonchev–Trinajstić information content (AvgIpc) is 2.47. The van der Waals surface area contributed by atoms with Gasteiger partial charge in [0, 0.05) is 25.3 Å². The molecule has 2 heterocycles. The van der Waals surface area contributed by atoms with Gasteiger partial charge in [0.05, 0.1) is 6.61 Å². The molecule has 0 bridgehead atoms. The van der Waals surface area contributed by atoms with E-state index in [1.807, 2.05) is 4.90 Å². The molecule has 1 amide bonds. The fraction of sp³-hybridized carbons (Fsp3) is 0.533. The molecule has 0 saturated carbocycles. The van der Waals surface area contributed by atoms with E-state index in [9.17, 15) is 4.79 Å². The van der Waals surface area contributed by atoms with E-state index in [1.54, 1.807) is 0 Å². The van der Waals surface area contributed by atoms with Gasteiger partial charge >= 0.3 is 0 Å². The van der Waals surface area contributed by atoms with E-state index in [0.717, 1.165) is 31.6 Å². The van der Waals surface area contributed by atoms with Crippen LogP contribution >= 0.6 is 0 Å². The predicted octanol–water partition coefficient (Wildman–Crippen LogP) is 1.26. The average molecular weight is 260 g/mol. The van der Waals surface area contributed by atoms with E-state index in [0.29, 0.717) is 13.2 Å². The first-order valence-electron chi connectivity index (χ1n) is 6.99. The van der Waals surface area contributed by atoms with Gasteiger partial charge in [-0.15, -0.1) is 0 Å². The summed E-state index contributed by atoms with van der Waals surface area (Å²) in [6.45, 7) is 4.95.